The number of aromatic nitrogens is 1. The molecule has 0 bridgehead atoms. The third kappa shape index (κ3) is 6.06. The number of pyridine rings is 1. The highest BCUT2D eigenvalue weighted by Crippen LogP contribution is 2.30. The molecule has 0 atom stereocenters. The molecule has 1 aromatic heterocycles. The topological polar surface area (TPSA) is 124 Å². The van der Waals surface area contributed by atoms with Gasteiger partial charge in [0.05, 0.1) is 18.9 Å². The van der Waals surface area contributed by atoms with Crippen LogP contribution in [0.4, 0.5) is 14.9 Å². The average Bonchev–Trinajstić information content (AvgIpc) is 2.58. The largest absolute Gasteiger partial charge is 0.462 e. The van der Waals surface area contributed by atoms with E-state index < -0.39 is 55.6 Å². The Bertz CT molecular complexity index is 815. The minimum atomic E-state index is -2.49. The Morgan fingerprint density at radius 2 is 1.61 bits per heavy atom. The minimum absolute atomic E-state index is 0.0984. The number of amides is 3. The summed E-state index contributed by atoms with van der Waals surface area (Å²) in [7, 11) is 0. The highest BCUT2D eigenvalue weighted by atomic mass is 35.6. The van der Waals surface area contributed by atoms with Gasteiger partial charge in [0, 0.05) is 0 Å². The lowest BCUT2D eigenvalue weighted by molar-refractivity contribution is -0.119. The summed E-state index contributed by atoms with van der Waals surface area (Å²) in [5, 5.41) is 2.59. The lowest BCUT2D eigenvalue weighted by Crippen LogP contribution is -2.41. The number of carbonyl (C=O) groups excluding carboxylic acids is 4. The molecule has 1 heterocycles. The van der Waals surface area contributed by atoms with Crippen LogP contribution in [-0.2, 0) is 14.3 Å². The second kappa shape index (κ2) is 10.1. The highest BCUT2D eigenvalue weighted by molar-refractivity contribution is 6.76. The Balaban J connectivity index is 3.46. The zero-order valence-corrected chi connectivity index (χ0v) is 17.2. The summed E-state index contributed by atoms with van der Waals surface area (Å²) >= 11 is 21.6. The van der Waals surface area contributed by atoms with Crippen molar-refractivity contribution in [1.29, 1.82) is 0 Å². The first kappa shape index (κ1) is 24.2. The van der Waals surface area contributed by atoms with Gasteiger partial charge in [-0.2, -0.15) is 0 Å². The predicted molar refractivity (Wildman–Crippen MR) is 98.6 cm³/mol. The molecule has 0 aromatic carbocycles. The van der Waals surface area contributed by atoms with Crippen LogP contribution in [-0.4, -0.2) is 45.9 Å². The maximum atomic E-state index is 14.5. The fraction of sp³-hybridized carbons (Fsp3) is 0.357. The van der Waals surface area contributed by atoms with E-state index in [2.05, 4.69) is 4.98 Å². The summed E-state index contributed by atoms with van der Waals surface area (Å²) in [6, 6.07) is -1.39. The van der Waals surface area contributed by atoms with Crippen LogP contribution in [0.25, 0.3) is 0 Å². The molecule has 14 heteroatoms. The quantitative estimate of drug-likeness (QED) is 0.378. The molecule has 0 spiro atoms. The van der Waals surface area contributed by atoms with E-state index in [0.29, 0.717) is 0 Å². The van der Waals surface area contributed by atoms with Gasteiger partial charge in [-0.25, -0.2) is 23.8 Å². The van der Waals surface area contributed by atoms with Crippen molar-refractivity contribution in [1.82, 2.24) is 10.3 Å². The number of hydrogen-bond acceptors (Lipinski definition) is 7. The number of esters is 2. The number of imide groups is 1. The summed E-state index contributed by atoms with van der Waals surface area (Å²) < 4.78 is 21.5. The van der Waals surface area contributed by atoms with Gasteiger partial charge in [0.1, 0.15) is 5.56 Å². The van der Waals surface area contributed by atoms with Crippen LogP contribution in [0.15, 0.2) is 0 Å². The van der Waals surface area contributed by atoms with Gasteiger partial charge in [-0.1, -0.05) is 46.4 Å². The first-order valence-electron chi connectivity index (χ1n) is 7.36. The second-order valence-electron chi connectivity index (χ2n) is 4.66. The number of urea groups is 1. The lowest BCUT2D eigenvalue weighted by Gasteiger charge is -2.16. The van der Waals surface area contributed by atoms with Gasteiger partial charge < -0.3 is 14.8 Å². The summed E-state index contributed by atoms with van der Waals surface area (Å²) in [5.74, 6) is -5.09. The van der Waals surface area contributed by atoms with Crippen LogP contribution >= 0.6 is 46.4 Å². The van der Waals surface area contributed by atoms with E-state index in [1.54, 1.807) is 5.32 Å². The van der Waals surface area contributed by atoms with Crippen molar-refractivity contribution in [3.05, 3.63) is 22.2 Å². The first-order valence-corrected chi connectivity index (χ1v) is 8.87. The van der Waals surface area contributed by atoms with E-state index in [1.165, 1.54) is 13.8 Å². The molecular weight excluding hydrogens is 467 g/mol. The maximum absolute atomic E-state index is 14.5. The smallest absolute Gasteiger partial charge is 0.357 e. The van der Waals surface area contributed by atoms with Gasteiger partial charge in [0.2, 0.25) is 0 Å². The molecule has 1 aromatic rings. The van der Waals surface area contributed by atoms with Crippen LogP contribution in [0.2, 0.25) is 5.15 Å². The van der Waals surface area contributed by atoms with Crippen LogP contribution in [0.3, 0.4) is 0 Å². The molecule has 0 radical (unpaired) electrons. The van der Waals surface area contributed by atoms with Gasteiger partial charge >= 0.3 is 18.0 Å². The Morgan fingerprint density at radius 1 is 1.07 bits per heavy atom. The normalized spacial score (nSPS) is 10.8. The summed E-state index contributed by atoms with van der Waals surface area (Å²) in [5.41, 5.74) is -2.38. The van der Waals surface area contributed by atoms with E-state index in [9.17, 15) is 23.6 Å². The fourth-order valence-corrected chi connectivity index (χ4v) is 2.04. The average molecular weight is 479 g/mol. The van der Waals surface area contributed by atoms with Crippen LogP contribution in [0.1, 0.15) is 34.7 Å². The van der Waals surface area contributed by atoms with Crippen molar-refractivity contribution in [2.24, 2.45) is 0 Å². The van der Waals surface area contributed by atoms with Crippen molar-refractivity contribution in [3.8, 4) is 0 Å². The number of halogens is 5. The van der Waals surface area contributed by atoms with Crippen molar-refractivity contribution < 1.29 is 33.0 Å². The fourth-order valence-electron chi connectivity index (χ4n) is 1.72. The van der Waals surface area contributed by atoms with E-state index >= 15 is 0 Å². The maximum Gasteiger partial charge on any atom is 0.357 e. The van der Waals surface area contributed by atoms with Gasteiger partial charge in [0.25, 0.3) is 9.70 Å². The number of rotatable bonds is 5. The Morgan fingerprint density at radius 3 is 2.11 bits per heavy atom. The molecule has 9 nitrogen and oxygen atoms in total. The van der Waals surface area contributed by atoms with Gasteiger partial charge in [0.15, 0.2) is 16.7 Å². The summed E-state index contributed by atoms with van der Waals surface area (Å²) in [6.45, 7) is 2.67. The van der Waals surface area contributed by atoms with Gasteiger partial charge in [-0.3, -0.25) is 10.1 Å². The first-order chi connectivity index (χ1) is 12.9. The number of ether oxygens (including phenoxy) is 2. The SMILES string of the molecule is CCOC(=O)c1nc(Cl)c(F)c(NC(=O)NC(=O)C(Cl)(Cl)Cl)c1C(=O)OCC. The molecule has 0 unspecified atom stereocenters. The van der Waals surface area contributed by atoms with Crippen molar-refractivity contribution in [3.63, 3.8) is 0 Å². The molecule has 0 aliphatic rings. The molecule has 1 rings (SSSR count). The van der Waals surface area contributed by atoms with Crippen molar-refractivity contribution >= 4 is 76.0 Å². The molecule has 2 N–H and O–H groups in total. The minimum Gasteiger partial charge on any atom is -0.462 e. The zero-order valence-electron chi connectivity index (χ0n) is 14.2. The van der Waals surface area contributed by atoms with E-state index in [1.807, 2.05) is 5.32 Å². The van der Waals surface area contributed by atoms with Gasteiger partial charge in [-0.15, -0.1) is 0 Å². The van der Waals surface area contributed by atoms with E-state index in [-0.39, 0.29) is 13.2 Å². The molecule has 154 valence electrons. The molecular formula is C14H12Cl4FN3O6. The molecule has 0 aliphatic carbocycles. The standard InChI is InChI=1S/C14H12Cl4FN3O6/c1-3-27-10(23)5-7(21-13(26)22-12(25)14(16,17)18)6(19)9(15)20-8(5)11(24)28-4-2/h3-4H2,1-2H3,(H2,20,21,22,25,26). The number of carbonyl (C=O) groups is 4. The lowest BCUT2D eigenvalue weighted by atomic mass is 10.1. The van der Waals surface area contributed by atoms with Crippen LogP contribution < -0.4 is 10.6 Å². The van der Waals surface area contributed by atoms with Crippen molar-refractivity contribution in [2.45, 2.75) is 17.6 Å². The Labute approximate surface area is 177 Å². The molecule has 0 saturated carbocycles. The molecule has 0 fully saturated rings. The van der Waals surface area contributed by atoms with Crippen LogP contribution in [0.5, 0.6) is 0 Å². The number of nitrogens with one attached hydrogen (secondary N) is 2. The Hall–Kier alpha value is -1.88. The number of anilines is 1. The molecule has 3 amide bonds. The molecule has 28 heavy (non-hydrogen) atoms. The summed E-state index contributed by atoms with van der Waals surface area (Å²) in [6.07, 6.45) is 0. The van der Waals surface area contributed by atoms with Crippen LogP contribution in [0, 0.1) is 5.82 Å². The molecule has 0 aliphatic heterocycles. The monoisotopic (exact) mass is 477 g/mol. The Kier molecular flexibility index (Phi) is 8.68. The van der Waals surface area contributed by atoms with Crippen molar-refractivity contribution in [2.75, 3.05) is 18.5 Å². The van der Waals surface area contributed by atoms with E-state index in [0.717, 1.165) is 0 Å². The highest BCUT2D eigenvalue weighted by Gasteiger charge is 2.34. The van der Waals surface area contributed by atoms with Gasteiger partial charge in [-0.05, 0) is 13.8 Å². The number of alkyl halides is 3. The zero-order chi connectivity index (χ0) is 21.6. The van der Waals surface area contributed by atoms with E-state index in [4.69, 9.17) is 55.9 Å². The second-order valence-corrected chi connectivity index (χ2v) is 7.30. The number of nitrogens with zero attached hydrogens (tertiary/aromatic N) is 1. The number of hydrogen-bond donors (Lipinski definition) is 2. The predicted octanol–water partition coefficient (Wildman–Crippen LogP) is 3.25. The molecule has 0 saturated heterocycles. The summed E-state index contributed by atoms with van der Waals surface area (Å²) in [4.78, 5) is 51.3. The third-order valence-corrected chi connectivity index (χ3v) is 3.53. The third-order valence-electron chi connectivity index (χ3n) is 2.77.